The Morgan fingerprint density at radius 3 is 2.36 bits per heavy atom. The summed E-state index contributed by atoms with van der Waals surface area (Å²) >= 11 is 0. The highest BCUT2D eigenvalue weighted by molar-refractivity contribution is 5.10. The number of alkyl halides is 2. The molecule has 11 heavy (non-hydrogen) atoms. The summed E-state index contributed by atoms with van der Waals surface area (Å²) in [5.41, 5.74) is -1.15. The van der Waals surface area contributed by atoms with Gasteiger partial charge in [-0.3, -0.25) is 4.98 Å². The molecule has 0 amide bonds. The Hall–Kier alpha value is -1.13. The van der Waals surface area contributed by atoms with Crippen molar-refractivity contribution in [1.29, 1.82) is 0 Å². The van der Waals surface area contributed by atoms with Crippen LogP contribution in [0.1, 0.15) is 12.1 Å². The zero-order valence-electron chi connectivity index (χ0n) is 5.19. The fourth-order valence-electron chi connectivity index (χ4n) is 0.587. The van der Waals surface area contributed by atoms with E-state index in [0.717, 1.165) is 6.20 Å². The molecule has 0 saturated heterocycles. The number of hydrogen-bond donors (Lipinski definition) is 0. The molecule has 0 aliphatic carbocycles. The number of nitrogens with zero attached hydrogens (tertiary/aromatic N) is 1. The van der Waals surface area contributed by atoms with E-state index in [9.17, 15) is 17.6 Å². The zero-order valence-corrected chi connectivity index (χ0v) is 5.19. The van der Waals surface area contributed by atoms with Crippen LogP contribution in [0, 0.1) is 11.6 Å². The Balaban J connectivity index is 3.17. The fraction of sp³-hybridized carbons (Fsp3) is 0.167. The highest BCUT2D eigenvalue weighted by Crippen LogP contribution is 2.20. The van der Waals surface area contributed by atoms with E-state index in [1.54, 1.807) is 0 Å². The fourth-order valence-corrected chi connectivity index (χ4v) is 0.587. The van der Waals surface area contributed by atoms with Crippen molar-refractivity contribution in [3.8, 4) is 0 Å². The summed E-state index contributed by atoms with van der Waals surface area (Å²) in [6, 6.07) is 0.682. The first kappa shape index (κ1) is 7.97. The monoisotopic (exact) mass is 165 g/mol. The minimum absolute atomic E-state index is 0.682. The number of halogens is 4. The second-order valence-corrected chi connectivity index (χ2v) is 1.79. The third kappa shape index (κ3) is 1.47. The van der Waals surface area contributed by atoms with Gasteiger partial charge in [-0.2, -0.15) is 0 Å². The average molecular weight is 165 g/mol. The highest BCUT2D eigenvalue weighted by Gasteiger charge is 2.17. The van der Waals surface area contributed by atoms with E-state index in [1.807, 2.05) is 0 Å². The van der Waals surface area contributed by atoms with Gasteiger partial charge in [0.05, 0.1) is 0 Å². The third-order valence-corrected chi connectivity index (χ3v) is 1.08. The van der Waals surface area contributed by atoms with Crippen LogP contribution < -0.4 is 0 Å². The molecule has 0 unspecified atom stereocenters. The molecule has 1 nitrogen and oxygen atoms in total. The Morgan fingerprint density at radius 1 is 1.27 bits per heavy atom. The van der Waals surface area contributed by atoms with Gasteiger partial charge >= 0.3 is 0 Å². The van der Waals surface area contributed by atoms with Crippen molar-refractivity contribution in [2.24, 2.45) is 0 Å². The standard InChI is InChI=1S/C6H3F4N/c7-3-1-2-11-5(4(3)8)6(9)10/h1-2,6H. The molecule has 0 fully saturated rings. The molecular weight excluding hydrogens is 162 g/mol. The summed E-state index contributed by atoms with van der Waals surface area (Å²) < 4.78 is 48.0. The molecule has 1 aromatic heterocycles. The second kappa shape index (κ2) is 2.86. The van der Waals surface area contributed by atoms with Crippen molar-refractivity contribution in [3.63, 3.8) is 0 Å². The lowest BCUT2D eigenvalue weighted by Gasteiger charge is -1.99. The third-order valence-electron chi connectivity index (χ3n) is 1.08. The van der Waals surface area contributed by atoms with E-state index in [2.05, 4.69) is 4.98 Å². The van der Waals surface area contributed by atoms with Gasteiger partial charge in [-0.25, -0.2) is 17.6 Å². The van der Waals surface area contributed by atoms with Gasteiger partial charge in [0.2, 0.25) is 0 Å². The predicted molar refractivity (Wildman–Crippen MR) is 29.1 cm³/mol. The van der Waals surface area contributed by atoms with E-state index in [4.69, 9.17) is 0 Å². The first-order valence-electron chi connectivity index (χ1n) is 2.71. The molecule has 1 rings (SSSR count). The van der Waals surface area contributed by atoms with Crippen LogP contribution in [-0.2, 0) is 0 Å². The molecule has 0 atom stereocenters. The van der Waals surface area contributed by atoms with Crippen LogP contribution in [0.3, 0.4) is 0 Å². The first-order valence-corrected chi connectivity index (χ1v) is 2.71. The lowest BCUT2D eigenvalue weighted by Crippen LogP contribution is -1.97. The molecule has 0 radical (unpaired) electrons. The minimum atomic E-state index is -3.08. The summed E-state index contributed by atoms with van der Waals surface area (Å²) in [6.07, 6.45) is -2.29. The summed E-state index contributed by atoms with van der Waals surface area (Å²) in [5, 5.41) is 0. The zero-order chi connectivity index (χ0) is 8.43. The molecule has 0 aliphatic heterocycles. The molecule has 0 bridgehead atoms. The molecule has 1 aromatic rings. The summed E-state index contributed by atoms with van der Waals surface area (Å²) in [7, 11) is 0. The van der Waals surface area contributed by atoms with Gasteiger partial charge in [-0.05, 0) is 6.07 Å². The maximum atomic E-state index is 12.3. The summed E-state index contributed by atoms with van der Waals surface area (Å²) in [5.74, 6) is -2.89. The van der Waals surface area contributed by atoms with Gasteiger partial charge in [0.25, 0.3) is 6.43 Å². The molecular formula is C6H3F4N. The van der Waals surface area contributed by atoms with Gasteiger partial charge in [0.1, 0.15) is 5.69 Å². The highest BCUT2D eigenvalue weighted by atomic mass is 19.3. The molecule has 60 valence electrons. The van der Waals surface area contributed by atoms with E-state index in [1.165, 1.54) is 0 Å². The predicted octanol–water partition coefficient (Wildman–Crippen LogP) is 2.30. The normalized spacial score (nSPS) is 10.6. The van der Waals surface area contributed by atoms with E-state index in [-0.39, 0.29) is 0 Å². The number of aromatic nitrogens is 1. The van der Waals surface area contributed by atoms with Crippen molar-refractivity contribution >= 4 is 0 Å². The minimum Gasteiger partial charge on any atom is -0.252 e. The molecule has 0 aliphatic rings. The largest absolute Gasteiger partial charge is 0.283 e. The maximum Gasteiger partial charge on any atom is 0.283 e. The van der Waals surface area contributed by atoms with Crippen LogP contribution in [-0.4, -0.2) is 4.98 Å². The molecule has 5 heteroatoms. The van der Waals surface area contributed by atoms with Gasteiger partial charge < -0.3 is 0 Å². The molecule has 0 aromatic carbocycles. The van der Waals surface area contributed by atoms with E-state index < -0.39 is 23.8 Å². The van der Waals surface area contributed by atoms with Crippen LogP contribution in [0.25, 0.3) is 0 Å². The molecule has 0 N–H and O–H groups in total. The Labute approximate surface area is 59.7 Å². The maximum absolute atomic E-state index is 12.3. The number of rotatable bonds is 1. The molecule has 0 spiro atoms. The Morgan fingerprint density at radius 2 is 1.91 bits per heavy atom. The topological polar surface area (TPSA) is 12.9 Å². The Kier molecular flexibility index (Phi) is 2.07. The van der Waals surface area contributed by atoms with Crippen LogP contribution in [0.2, 0.25) is 0 Å². The van der Waals surface area contributed by atoms with Gasteiger partial charge in [-0.1, -0.05) is 0 Å². The van der Waals surface area contributed by atoms with Gasteiger partial charge in [-0.15, -0.1) is 0 Å². The van der Waals surface area contributed by atoms with Gasteiger partial charge in [0.15, 0.2) is 11.6 Å². The van der Waals surface area contributed by atoms with Crippen LogP contribution in [0.4, 0.5) is 17.6 Å². The average Bonchev–Trinajstić information content (AvgIpc) is 1.94. The van der Waals surface area contributed by atoms with Crippen molar-refractivity contribution in [2.75, 3.05) is 0 Å². The lowest BCUT2D eigenvalue weighted by atomic mass is 10.3. The number of hydrogen-bond acceptors (Lipinski definition) is 1. The van der Waals surface area contributed by atoms with E-state index in [0.29, 0.717) is 6.07 Å². The van der Waals surface area contributed by atoms with Crippen LogP contribution in [0.15, 0.2) is 12.3 Å². The van der Waals surface area contributed by atoms with Gasteiger partial charge in [0, 0.05) is 6.20 Å². The second-order valence-electron chi connectivity index (χ2n) is 1.79. The van der Waals surface area contributed by atoms with Crippen molar-refractivity contribution in [2.45, 2.75) is 6.43 Å². The molecule has 1 heterocycles. The smallest absolute Gasteiger partial charge is 0.252 e. The first-order chi connectivity index (χ1) is 5.13. The summed E-state index contributed by atoms with van der Waals surface area (Å²) in [4.78, 5) is 2.97. The van der Waals surface area contributed by atoms with Crippen molar-refractivity contribution < 1.29 is 17.6 Å². The van der Waals surface area contributed by atoms with Crippen molar-refractivity contribution in [1.82, 2.24) is 4.98 Å². The van der Waals surface area contributed by atoms with Crippen LogP contribution in [0.5, 0.6) is 0 Å². The Bertz CT molecular complexity index is 261. The lowest BCUT2D eigenvalue weighted by molar-refractivity contribution is 0.139. The quantitative estimate of drug-likeness (QED) is 0.582. The molecule has 0 saturated carbocycles. The van der Waals surface area contributed by atoms with E-state index >= 15 is 0 Å². The van der Waals surface area contributed by atoms with Crippen LogP contribution >= 0.6 is 0 Å². The van der Waals surface area contributed by atoms with Crippen molar-refractivity contribution in [3.05, 3.63) is 29.6 Å². The summed E-state index contributed by atoms with van der Waals surface area (Å²) in [6.45, 7) is 0. The SMILES string of the molecule is Fc1ccnc(C(F)F)c1F. The number of pyridine rings is 1.